The van der Waals surface area contributed by atoms with Gasteiger partial charge in [-0.2, -0.15) is 0 Å². The summed E-state index contributed by atoms with van der Waals surface area (Å²) in [6.07, 6.45) is 0. The number of amides is 4. The summed E-state index contributed by atoms with van der Waals surface area (Å²) in [5, 5.41) is 8.15. The second-order valence-corrected chi connectivity index (χ2v) is 7.36. The van der Waals surface area contributed by atoms with Gasteiger partial charge in [0.05, 0.1) is 39.3 Å². The second kappa shape index (κ2) is 10.4. The molecule has 2 aromatic carbocycles. The zero-order chi connectivity index (χ0) is 21.3. The van der Waals surface area contributed by atoms with Gasteiger partial charge in [-0.25, -0.2) is 4.79 Å². The molecular formula is C22H28N5O3+. The molecule has 30 heavy (non-hydrogen) atoms. The Morgan fingerprint density at radius 3 is 2.17 bits per heavy atom. The van der Waals surface area contributed by atoms with Crippen LogP contribution < -0.4 is 20.9 Å². The summed E-state index contributed by atoms with van der Waals surface area (Å²) in [7, 11) is 0. The molecule has 0 bridgehead atoms. The summed E-state index contributed by atoms with van der Waals surface area (Å²) in [5.74, 6) is -1.31. The van der Waals surface area contributed by atoms with Crippen molar-refractivity contribution >= 4 is 29.2 Å². The maximum atomic E-state index is 12.3. The van der Waals surface area contributed by atoms with E-state index in [-0.39, 0.29) is 6.03 Å². The molecule has 8 heteroatoms. The van der Waals surface area contributed by atoms with Crippen LogP contribution in [0.5, 0.6) is 0 Å². The van der Waals surface area contributed by atoms with E-state index in [0.717, 1.165) is 24.3 Å². The van der Waals surface area contributed by atoms with Gasteiger partial charge in [0.15, 0.2) is 0 Å². The predicted octanol–water partition coefficient (Wildman–Crippen LogP) is 0.482. The first kappa shape index (κ1) is 21.3. The first-order valence-electron chi connectivity index (χ1n) is 10.1. The van der Waals surface area contributed by atoms with Gasteiger partial charge in [-0.05, 0) is 31.2 Å². The molecule has 0 unspecified atom stereocenters. The molecule has 4 N–H and O–H groups in total. The number of nitrogens with zero attached hydrogens (tertiary/aromatic N) is 1. The molecule has 8 nitrogen and oxygen atoms in total. The third-order valence-corrected chi connectivity index (χ3v) is 5.06. The molecule has 1 aliphatic heterocycles. The monoisotopic (exact) mass is 410 g/mol. The molecule has 1 aliphatic rings. The minimum absolute atomic E-state index is 0.0960. The SMILES string of the molecule is Cc1ccc(NC(=O)C(=O)NCC[NH+]2CCN(C(=O)Nc3ccccc3)CC2)cc1. The van der Waals surface area contributed by atoms with Crippen LogP contribution in [0.15, 0.2) is 54.6 Å². The van der Waals surface area contributed by atoms with E-state index in [2.05, 4.69) is 16.0 Å². The quantitative estimate of drug-likeness (QED) is 0.540. The summed E-state index contributed by atoms with van der Waals surface area (Å²) < 4.78 is 0. The topological polar surface area (TPSA) is 95.0 Å². The highest BCUT2D eigenvalue weighted by molar-refractivity contribution is 6.39. The minimum atomic E-state index is -0.670. The lowest BCUT2D eigenvalue weighted by Gasteiger charge is -2.32. The van der Waals surface area contributed by atoms with Crippen LogP contribution in [-0.4, -0.2) is 62.0 Å². The smallest absolute Gasteiger partial charge is 0.322 e. The summed E-state index contributed by atoms with van der Waals surface area (Å²) in [6.45, 7) is 5.96. The van der Waals surface area contributed by atoms with Crippen molar-refractivity contribution in [1.29, 1.82) is 0 Å². The maximum Gasteiger partial charge on any atom is 0.322 e. The van der Waals surface area contributed by atoms with E-state index in [9.17, 15) is 14.4 Å². The van der Waals surface area contributed by atoms with E-state index in [1.807, 2.05) is 49.4 Å². The largest absolute Gasteiger partial charge is 0.342 e. The van der Waals surface area contributed by atoms with E-state index < -0.39 is 11.8 Å². The Hall–Kier alpha value is -3.39. The van der Waals surface area contributed by atoms with E-state index in [0.29, 0.717) is 31.9 Å². The number of hydrogen-bond acceptors (Lipinski definition) is 3. The zero-order valence-corrected chi connectivity index (χ0v) is 17.1. The van der Waals surface area contributed by atoms with Crippen molar-refractivity contribution in [3.05, 3.63) is 60.2 Å². The van der Waals surface area contributed by atoms with Gasteiger partial charge in [0.2, 0.25) is 0 Å². The standard InChI is InChI=1S/C22H27N5O3/c1-17-7-9-19(10-8-17)24-21(29)20(28)23-11-12-26-13-15-27(16-14-26)22(30)25-18-5-3-2-4-6-18/h2-10H,11-16H2,1H3,(H,23,28)(H,24,29)(H,25,30)/p+1. The van der Waals surface area contributed by atoms with Crippen molar-refractivity contribution < 1.29 is 19.3 Å². The van der Waals surface area contributed by atoms with Crippen LogP contribution in [-0.2, 0) is 9.59 Å². The molecule has 158 valence electrons. The number of quaternary nitrogens is 1. The van der Waals surface area contributed by atoms with Crippen molar-refractivity contribution in [3.8, 4) is 0 Å². The first-order valence-corrected chi connectivity index (χ1v) is 10.1. The highest BCUT2D eigenvalue weighted by Gasteiger charge is 2.24. The summed E-state index contributed by atoms with van der Waals surface area (Å²) in [6, 6.07) is 16.6. The van der Waals surface area contributed by atoms with Crippen LogP contribution in [0.25, 0.3) is 0 Å². The lowest BCUT2D eigenvalue weighted by Crippen LogP contribution is -3.15. The summed E-state index contributed by atoms with van der Waals surface area (Å²) >= 11 is 0. The molecule has 0 spiro atoms. The van der Waals surface area contributed by atoms with Gasteiger partial charge in [-0.3, -0.25) is 9.59 Å². The second-order valence-electron chi connectivity index (χ2n) is 7.36. The highest BCUT2D eigenvalue weighted by Crippen LogP contribution is 2.08. The molecule has 4 amide bonds. The van der Waals surface area contributed by atoms with E-state index >= 15 is 0 Å². The Labute approximate surface area is 176 Å². The van der Waals surface area contributed by atoms with Crippen LogP contribution in [0.3, 0.4) is 0 Å². The van der Waals surface area contributed by atoms with Gasteiger partial charge >= 0.3 is 17.8 Å². The van der Waals surface area contributed by atoms with Crippen LogP contribution in [0.1, 0.15) is 5.56 Å². The fourth-order valence-electron chi connectivity index (χ4n) is 3.26. The molecule has 0 radical (unpaired) electrons. The molecule has 1 heterocycles. The Morgan fingerprint density at radius 2 is 1.50 bits per heavy atom. The van der Waals surface area contributed by atoms with E-state index in [1.54, 1.807) is 17.0 Å². The number of urea groups is 1. The molecule has 0 aromatic heterocycles. The average Bonchev–Trinajstić information content (AvgIpc) is 2.76. The van der Waals surface area contributed by atoms with E-state index in [4.69, 9.17) is 0 Å². The molecule has 1 saturated heterocycles. The molecule has 0 atom stereocenters. The first-order chi connectivity index (χ1) is 14.5. The van der Waals surface area contributed by atoms with Crippen molar-refractivity contribution in [2.45, 2.75) is 6.92 Å². The number of para-hydroxylation sites is 1. The maximum absolute atomic E-state index is 12.3. The lowest BCUT2D eigenvalue weighted by atomic mass is 10.2. The Bertz CT molecular complexity index is 862. The molecule has 1 fully saturated rings. The normalized spacial score (nSPS) is 14.1. The average molecular weight is 410 g/mol. The number of nitrogens with one attached hydrogen (secondary N) is 4. The van der Waals surface area contributed by atoms with Crippen LogP contribution in [0.2, 0.25) is 0 Å². The lowest BCUT2D eigenvalue weighted by molar-refractivity contribution is -0.902. The van der Waals surface area contributed by atoms with Crippen LogP contribution >= 0.6 is 0 Å². The zero-order valence-electron chi connectivity index (χ0n) is 17.1. The third kappa shape index (κ3) is 6.31. The number of carbonyl (C=O) groups excluding carboxylic acids is 3. The number of anilines is 2. The third-order valence-electron chi connectivity index (χ3n) is 5.06. The number of piperazine rings is 1. The fraction of sp³-hybridized carbons (Fsp3) is 0.318. The van der Waals surface area contributed by atoms with Gasteiger partial charge in [0.25, 0.3) is 0 Å². The van der Waals surface area contributed by atoms with Crippen molar-refractivity contribution in [1.82, 2.24) is 10.2 Å². The number of benzene rings is 2. The van der Waals surface area contributed by atoms with Gasteiger partial charge in [-0.15, -0.1) is 0 Å². The number of rotatable bonds is 5. The molecule has 2 aromatic rings. The van der Waals surface area contributed by atoms with Gasteiger partial charge < -0.3 is 25.8 Å². The van der Waals surface area contributed by atoms with Crippen LogP contribution in [0, 0.1) is 6.92 Å². The highest BCUT2D eigenvalue weighted by atomic mass is 16.2. The number of carbonyl (C=O) groups is 3. The predicted molar refractivity (Wildman–Crippen MR) is 115 cm³/mol. The van der Waals surface area contributed by atoms with Crippen molar-refractivity contribution in [2.75, 3.05) is 49.9 Å². The molecule has 3 rings (SSSR count). The van der Waals surface area contributed by atoms with Crippen molar-refractivity contribution in [3.63, 3.8) is 0 Å². The number of aryl methyl sites for hydroxylation is 1. The Kier molecular flexibility index (Phi) is 7.40. The van der Waals surface area contributed by atoms with Crippen LogP contribution in [0.4, 0.5) is 16.2 Å². The summed E-state index contributed by atoms with van der Waals surface area (Å²) in [5.41, 5.74) is 2.46. The van der Waals surface area contributed by atoms with Crippen molar-refractivity contribution in [2.24, 2.45) is 0 Å². The van der Waals surface area contributed by atoms with E-state index in [1.165, 1.54) is 4.90 Å². The number of hydrogen-bond donors (Lipinski definition) is 4. The molecule has 0 aliphatic carbocycles. The van der Waals surface area contributed by atoms with Gasteiger partial charge in [0.1, 0.15) is 0 Å². The Morgan fingerprint density at radius 1 is 0.867 bits per heavy atom. The summed E-state index contributed by atoms with van der Waals surface area (Å²) in [4.78, 5) is 39.4. The Balaban J connectivity index is 1.33. The fourth-order valence-corrected chi connectivity index (χ4v) is 3.26. The molecular weight excluding hydrogens is 382 g/mol. The van der Waals surface area contributed by atoms with Gasteiger partial charge in [-0.1, -0.05) is 35.9 Å². The van der Waals surface area contributed by atoms with Gasteiger partial charge in [0, 0.05) is 11.4 Å². The molecule has 0 saturated carbocycles. The minimum Gasteiger partial charge on any atom is -0.342 e.